The average Bonchev–Trinajstić information content (AvgIpc) is 3.26. The van der Waals surface area contributed by atoms with Gasteiger partial charge in [-0.2, -0.15) is 5.26 Å². The standard InChI is InChI=1S/C20H18ClN3O5/c21-16-10-15(4-3-14(16)11-22)23-18(25)12-29-20(27)13-5-7-24(8-6-13)19(26)17-2-1-9-28-17/h1-4,9-10,13H,5-8,12H2,(H,23,25). The smallest absolute Gasteiger partial charge is 0.309 e. The maximum Gasteiger partial charge on any atom is 0.309 e. The van der Waals surface area contributed by atoms with E-state index >= 15 is 0 Å². The van der Waals surface area contributed by atoms with E-state index in [4.69, 9.17) is 26.0 Å². The molecule has 0 saturated carbocycles. The lowest BCUT2D eigenvalue weighted by molar-refractivity contribution is -0.152. The van der Waals surface area contributed by atoms with Gasteiger partial charge in [0.05, 0.1) is 22.8 Å². The third-order valence-corrected chi connectivity index (χ3v) is 4.88. The van der Waals surface area contributed by atoms with Gasteiger partial charge in [0.2, 0.25) is 0 Å². The van der Waals surface area contributed by atoms with E-state index in [-0.39, 0.29) is 22.6 Å². The number of amides is 2. The number of furan rings is 1. The molecule has 8 nitrogen and oxygen atoms in total. The fraction of sp³-hybridized carbons (Fsp3) is 0.300. The fourth-order valence-corrected chi connectivity index (χ4v) is 3.23. The minimum absolute atomic E-state index is 0.206. The number of nitriles is 1. The van der Waals surface area contributed by atoms with Crippen LogP contribution in [0.4, 0.5) is 5.69 Å². The second-order valence-electron chi connectivity index (χ2n) is 6.51. The van der Waals surface area contributed by atoms with Gasteiger partial charge >= 0.3 is 5.97 Å². The molecule has 1 aliphatic rings. The molecule has 1 saturated heterocycles. The Labute approximate surface area is 172 Å². The van der Waals surface area contributed by atoms with Crippen molar-refractivity contribution in [3.63, 3.8) is 0 Å². The lowest BCUT2D eigenvalue weighted by atomic mass is 9.97. The minimum Gasteiger partial charge on any atom is -0.459 e. The molecule has 3 rings (SSSR count). The van der Waals surface area contributed by atoms with Gasteiger partial charge in [-0.05, 0) is 43.2 Å². The first-order chi connectivity index (χ1) is 14.0. The van der Waals surface area contributed by atoms with E-state index in [2.05, 4.69) is 5.32 Å². The maximum absolute atomic E-state index is 12.2. The highest BCUT2D eigenvalue weighted by atomic mass is 35.5. The first kappa shape index (κ1) is 20.4. The number of nitrogens with one attached hydrogen (secondary N) is 1. The van der Waals surface area contributed by atoms with Crippen molar-refractivity contribution in [1.82, 2.24) is 4.90 Å². The largest absolute Gasteiger partial charge is 0.459 e. The van der Waals surface area contributed by atoms with Crippen LogP contribution in [0.25, 0.3) is 0 Å². The molecule has 0 radical (unpaired) electrons. The number of carbonyl (C=O) groups is 3. The zero-order valence-corrected chi connectivity index (χ0v) is 16.1. The Bertz CT molecular complexity index is 944. The molecular weight excluding hydrogens is 398 g/mol. The molecule has 29 heavy (non-hydrogen) atoms. The van der Waals surface area contributed by atoms with E-state index in [1.807, 2.05) is 6.07 Å². The van der Waals surface area contributed by atoms with E-state index in [1.165, 1.54) is 24.5 Å². The van der Waals surface area contributed by atoms with Crippen molar-refractivity contribution in [1.29, 1.82) is 5.26 Å². The highest BCUT2D eigenvalue weighted by Gasteiger charge is 2.29. The molecule has 0 unspecified atom stereocenters. The molecule has 0 spiro atoms. The summed E-state index contributed by atoms with van der Waals surface area (Å²) in [6.07, 6.45) is 2.35. The summed E-state index contributed by atoms with van der Waals surface area (Å²) in [5, 5.41) is 11.6. The van der Waals surface area contributed by atoms with Crippen LogP contribution in [0.1, 0.15) is 29.0 Å². The van der Waals surface area contributed by atoms with Gasteiger partial charge < -0.3 is 19.4 Å². The Morgan fingerprint density at radius 3 is 2.66 bits per heavy atom. The second kappa shape index (κ2) is 9.26. The average molecular weight is 416 g/mol. The van der Waals surface area contributed by atoms with Crippen LogP contribution in [0.15, 0.2) is 41.0 Å². The monoisotopic (exact) mass is 415 g/mol. The molecule has 0 atom stereocenters. The number of anilines is 1. The first-order valence-corrected chi connectivity index (χ1v) is 9.34. The number of rotatable bonds is 5. The van der Waals surface area contributed by atoms with Gasteiger partial charge in [-0.3, -0.25) is 14.4 Å². The maximum atomic E-state index is 12.2. The van der Waals surface area contributed by atoms with Crippen LogP contribution < -0.4 is 5.32 Å². The molecule has 2 aromatic rings. The quantitative estimate of drug-likeness (QED) is 0.751. The van der Waals surface area contributed by atoms with Crippen LogP contribution in [-0.2, 0) is 14.3 Å². The zero-order valence-electron chi connectivity index (χ0n) is 15.4. The highest BCUT2D eigenvalue weighted by molar-refractivity contribution is 6.32. The van der Waals surface area contributed by atoms with Crippen molar-refractivity contribution in [2.75, 3.05) is 25.0 Å². The summed E-state index contributed by atoms with van der Waals surface area (Å²) in [5.41, 5.74) is 0.702. The molecule has 1 aromatic carbocycles. The second-order valence-corrected chi connectivity index (χ2v) is 6.91. The lowest BCUT2D eigenvalue weighted by Crippen LogP contribution is -2.40. The Balaban J connectivity index is 1.43. The summed E-state index contributed by atoms with van der Waals surface area (Å²) in [4.78, 5) is 38.0. The number of piperidine rings is 1. The van der Waals surface area contributed by atoms with Crippen LogP contribution in [0.3, 0.4) is 0 Å². The fourth-order valence-electron chi connectivity index (χ4n) is 3.01. The van der Waals surface area contributed by atoms with E-state index in [9.17, 15) is 14.4 Å². The summed E-state index contributed by atoms with van der Waals surface area (Å²) in [5.74, 6) is -1.28. The van der Waals surface area contributed by atoms with E-state index in [0.717, 1.165) is 0 Å². The van der Waals surface area contributed by atoms with Crippen LogP contribution in [0.2, 0.25) is 5.02 Å². The molecule has 0 aliphatic carbocycles. The molecule has 150 valence electrons. The Hall–Kier alpha value is -3.31. The molecule has 2 amide bonds. The normalized spacial score (nSPS) is 14.1. The van der Waals surface area contributed by atoms with E-state index < -0.39 is 18.5 Å². The van der Waals surface area contributed by atoms with Crippen LogP contribution in [-0.4, -0.2) is 42.4 Å². The van der Waals surface area contributed by atoms with Gasteiger partial charge in [-0.15, -0.1) is 0 Å². The number of hydrogen-bond acceptors (Lipinski definition) is 6. The minimum atomic E-state index is -0.510. The number of carbonyl (C=O) groups excluding carboxylic acids is 3. The zero-order chi connectivity index (χ0) is 20.8. The van der Waals surface area contributed by atoms with Crippen molar-refractivity contribution in [3.05, 3.63) is 52.9 Å². The van der Waals surface area contributed by atoms with Crippen LogP contribution in [0.5, 0.6) is 0 Å². The van der Waals surface area contributed by atoms with Gasteiger partial charge in [0.25, 0.3) is 11.8 Å². The van der Waals surface area contributed by atoms with Gasteiger partial charge in [0.15, 0.2) is 12.4 Å². The number of esters is 1. The van der Waals surface area contributed by atoms with Crippen molar-refractivity contribution >= 4 is 35.1 Å². The Morgan fingerprint density at radius 1 is 1.28 bits per heavy atom. The van der Waals surface area contributed by atoms with Gasteiger partial charge in [0, 0.05) is 18.8 Å². The first-order valence-electron chi connectivity index (χ1n) is 8.97. The van der Waals surface area contributed by atoms with Crippen LogP contribution in [0, 0.1) is 17.2 Å². The summed E-state index contributed by atoms with van der Waals surface area (Å²) in [7, 11) is 0. The van der Waals surface area contributed by atoms with Crippen molar-refractivity contribution < 1.29 is 23.5 Å². The summed E-state index contributed by atoms with van der Waals surface area (Å²) >= 11 is 5.92. The molecule has 1 N–H and O–H groups in total. The van der Waals surface area contributed by atoms with Gasteiger partial charge in [-0.1, -0.05) is 11.6 Å². The molecule has 1 fully saturated rings. The summed E-state index contributed by atoms with van der Waals surface area (Å²) in [6, 6.07) is 9.65. The van der Waals surface area contributed by atoms with Gasteiger partial charge in [0.1, 0.15) is 6.07 Å². The molecular formula is C20H18ClN3O5. The molecule has 0 bridgehead atoms. The predicted molar refractivity (Wildman–Crippen MR) is 103 cm³/mol. The molecule has 1 aliphatic heterocycles. The number of benzene rings is 1. The summed E-state index contributed by atoms with van der Waals surface area (Å²) in [6.45, 7) is 0.395. The van der Waals surface area contributed by atoms with Crippen molar-refractivity contribution in [2.45, 2.75) is 12.8 Å². The van der Waals surface area contributed by atoms with Gasteiger partial charge in [-0.25, -0.2) is 0 Å². The van der Waals surface area contributed by atoms with Crippen molar-refractivity contribution in [2.24, 2.45) is 5.92 Å². The SMILES string of the molecule is N#Cc1ccc(NC(=O)COC(=O)C2CCN(C(=O)c3ccco3)CC2)cc1Cl. The number of halogens is 1. The van der Waals surface area contributed by atoms with Crippen LogP contribution >= 0.6 is 11.6 Å². The third kappa shape index (κ3) is 5.15. The topological polar surface area (TPSA) is 113 Å². The lowest BCUT2D eigenvalue weighted by Gasteiger charge is -2.30. The molecule has 1 aromatic heterocycles. The Morgan fingerprint density at radius 2 is 2.03 bits per heavy atom. The number of hydrogen-bond donors (Lipinski definition) is 1. The number of nitrogens with zero attached hydrogens (tertiary/aromatic N) is 2. The highest BCUT2D eigenvalue weighted by Crippen LogP contribution is 2.22. The Kier molecular flexibility index (Phi) is 6.52. The van der Waals surface area contributed by atoms with E-state index in [1.54, 1.807) is 17.0 Å². The molecule has 9 heteroatoms. The summed E-state index contributed by atoms with van der Waals surface area (Å²) < 4.78 is 10.2. The number of likely N-dealkylation sites (tertiary alicyclic amines) is 1. The number of ether oxygens (including phenoxy) is 1. The van der Waals surface area contributed by atoms with E-state index in [0.29, 0.717) is 37.2 Å². The third-order valence-electron chi connectivity index (χ3n) is 4.57. The molecule has 2 heterocycles. The van der Waals surface area contributed by atoms with Crippen molar-refractivity contribution in [3.8, 4) is 6.07 Å². The predicted octanol–water partition coefficient (Wildman–Crippen LogP) is 2.84.